The highest BCUT2D eigenvalue weighted by atomic mass is 19.4. The van der Waals surface area contributed by atoms with E-state index >= 15 is 0 Å². The SMILES string of the molecule is O=C(Nc1ccc(-n2cnnc2)nc1)C(F)(F)F. The largest absolute Gasteiger partial charge is 0.471 e. The van der Waals surface area contributed by atoms with Gasteiger partial charge in [-0.15, -0.1) is 10.2 Å². The number of anilines is 1. The van der Waals surface area contributed by atoms with Gasteiger partial charge in [-0.3, -0.25) is 9.36 Å². The number of nitrogens with zero attached hydrogens (tertiary/aromatic N) is 4. The van der Waals surface area contributed by atoms with Crippen LogP contribution >= 0.6 is 0 Å². The van der Waals surface area contributed by atoms with Crippen molar-refractivity contribution in [2.45, 2.75) is 6.18 Å². The maximum absolute atomic E-state index is 12.0. The number of nitrogens with one attached hydrogen (secondary N) is 1. The minimum Gasteiger partial charge on any atom is -0.317 e. The lowest BCUT2D eigenvalue weighted by Crippen LogP contribution is -2.29. The molecule has 0 atom stereocenters. The number of hydrogen-bond donors (Lipinski definition) is 1. The van der Waals surface area contributed by atoms with Gasteiger partial charge in [0, 0.05) is 0 Å². The average molecular weight is 257 g/mol. The Hall–Kier alpha value is -2.45. The van der Waals surface area contributed by atoms with E-state index in [1.54, 1.807) is 5.32 Å². The lowest BCUT2D eigenvalue weighted by atomic mass is 10.4. The topological polar surface area (TPSA) is 72.7 Å². The van der Waals surface area contributed by atoms with E-state index in [-0.39, 0.29) is 5.69 Å². The molecule has 0 spiro atoms. The summed E-state index contributed by atoms with van der Waals surface area (Å²) >= 11 is 0. The molecule has 18 heavy (non-hydrogen) atoms. The molecule has 2 rings (SSSR count). The highest BCUT2D eigenvalue weighted by Gasteiger charge is 2.38. The first kappa shape index (κ1) is 12.0. The minimum absolute atomic E-state index is 0.0471. The Morgan fingerprint density at radius 3 is 2.39 bits per heavy atom. The van der Waals surface area contributed by atoms with Gasteiger partial charge in [-0.05, 0) is 12.1 Å². The Bertz CT molecular complexity index is 534. The Kier molecular flexibility index (Phi) is 2.96. The summed E-state index contributed by atoms with van der Waals surface area (Å²) in [5.74, 6) is -1.62. The average Bonchev–Trinajstić information content (AvgIpc) is 2.82. The summed E-state index contributed by atoms with van der Waals surface area (Å²) in [5, 5.41) is 8.80. The molecule has 1 N–H and O–H groups in total. The van der Waals surface area contributed by atoms with Crippen LogP contribution in [0.5, 0.6) is 0 Å². The zero-order valence-electron chi connectivity index (χ0n) is 8.72. The first-order chi connectivity index (χ1) is 8.47. The summed E-state index contributed by atoms with van der Waals surface area (Å²) < 4.78 is 37.4. The zero-order valence-corrected chi connectivity index (χ0v) is 8.72. The highest BCUT2D eigenvalue weighted by molar-refractivity contribution is 5.94. The number of pyridine rings is 1. The molecule has 94 valence electrons. The second kappa shape index (κ2) is 4.43. The third-order valence-electron chi connectivity index (χ3n) is 1.95. The molecule has 2 aromatic heterocycles. The van der Waals surface area contributed by atoms with Crippen molar-refractivity contribution in [2.24, 2.45) is 0 Å². The van der Waals surface area contributed by atoms with E-state index in [0.717, 1.165) is 6.20 Å². The van der Waals surface area contributed by atoms with Gasteiger partial charge in [-0.1, -0.05) is 0 Å². The molecular formula is C9H6F3N5O. The summed E-state index contributed by atoms with van der Waals surface area (Å²) in [4.78, 5) is 14.5. The zero-order chi connectivity index (χ0) is 13.2. The predicted molar refractivity (Wildman–Crippen MR) is 53.8 cm³/mol. The van der Waals surface area contributed by atoms with Gasteiger partial charge < -0.3 is 5.32 Å². The van der Waals surface area contributed by atoms with Crippen LogP contribution in [0.4, 0.5) is 18.9 Å². The summed E-state index contributed by atoms with van der Waals surface area (Å²) in [5.41, 5.74) is -0.0471. The molecule has 1 amide bonds. The van der Waals surface area contributed by atoms with E-state index in [1.165, 1.54) is 29.4 Å². The van der Waals surface area contributed by atoms with Crippen LogP contribution in [-0.4, -0.2) is 31.8 Å². The number of alkyl halides is 3. The van der Waals surface area contributed by atoms with E-state index in [1.807, 2.05) is 0 Å². The van der Waals surface area contributed by atoms with Crippen molar-refractivity contribution in [1.82, 2.24) is 19.7 Å². The molecule has 0 aliphatic carbocycles. The van der Waals surface area contributed by atoms with Gasteiger partial charge in [0.05, 0.1) is 11.9 Å². The summed E-state index contributed by atoms with van der Waals surface area (Å²) in [6.07, 6.45) is -1.04. The maximum Gasteiger partial charge on any atom is 0.471 e. The van der Waals surface area contributed by atoms with E-state index in [9.17, 15) is 18.0 Å². The standard InChI is InChI=1S/C9H6F3N5O/c10-9(11,12)8(18)16-6-1-2-7(13-3-6)17-4-14-15-5-17/h1-5H,(H,16,18). The molecule has 2 aromatic rings. The van der Waals surface area contributed by atoms with Crippen LogP contribution in [0.2, 0.25) is 0 Å². The van der Waals surface area contributed by atoms with Crippen molar-refractivity contribution >= 4 is 11.6 Å². The Balaban J connectivity index is 2.12. The van der Waals surface area contributed by atoms with Crippen molar-refractivity contribution in [1.29, 1.82) is 0 Å². The molecule has 0 unspecified atom stereocenters. The minimum atomic E-state index is -4.92. The van der Waals surface area contributed by atoms with Gasteiger partial charge in [0.2, 0.25) is 0 Å². The monoisotopic (exact) mass is 257 g/mol. The van der Waals surface area contributed by atoms with Crippen LogP contribution in [0.1, 0.15) is 0 Å². The third kappa shape index (κ3) is 2.62. The van der Waals surface area contributed by atoms with Crippen molar-refractivity contribution in [3.05, 3.63) is 31.0 Å². The fourth-order valence-corrected chi connectivity index (χ4v) is 1.13. The molecule has 9 heteroatoms. The summed E-state index contributed by atoms with van der Waals surface area (Å²) in [6.45, 7) is 0. The van der Waals surface area contributed by atoms with Crippen LogP contribution < -0.4 is 5.32 Å². The fraction of sp³-hybridized carbons (Fsp3) is 0.111. The molecule has 2 heterocycles. The number of halogens is 3. The van der Waals surface area contributed by atoms with Crippen LogP contribution in [0, 0.1) is 0 Å². The highest BCUT2D eigenvalue weighted by Crippen LogP contribution is 2.18. The van der Waals surface area contributed by atoms with E-state index < -0.39 is 12.1 Å². The lowest BCUT2D eigenvalue weighted by molar-refractivity contribution is -0.167. The molecule has 0 bridgehead atoms. The number of carbonyl (C=O) groups is 1. The molecule has 0 saturated heterocycles. The molecular weight excluding hydrogens is 251 g/mol. The first-order valence-corrected chi connectivity index (χ1v) is 4.66. The molecule has 0 saturated carbocycles. The maximum atomic E-state index is 12.0. The predicted octanol–water partition coefficient (Wildman–Crippen LogP) is 1.16. The van der Waals surface area contributed by atoms with Crippen LogP contribution in [-0.2, 0) is 4.79 Å². The van der Waals surface area contributed by atoms with Crippen LogP contribution in [0.15, 0.2) is 31.0 Å². The number of amides is 1. The van der Waals surface area contributed by atoms with E-state index in [2.05, 4.69) is 15.2 Å². The van der Waals surface area contributed by atoms with Crippen molar-refractivity contribution in [3.63, 3.8) is 0 Å². The molecule has 0 fully saturated rings. The number of carbonyl (C=O) groups excluding carboxylic acids is 1. The molecule has 0 aliphatic heterocycles. The first-order valence-electron chi connectivity index (χ1n) is 4.66. The molecule has 0 aliphatic rings. The van der Waals surface area contributed by atoms with Gasteiger partial charge in [0.15, 0.2) is 0 Å². The Morgan fingerprint density at radius 1 is 1.22 bits per heavy atom. The van der Waals surface area contributed by atoms with Crippen LogP contribution in [0.25, 0.3) is 5.82 Å². The molecule has 0 aromatic carbocycles. The smallest absolute Gasteiger partial charge is 0.317 e. The number of hydrogen-bond acceptors (Lipinski definition) is 4. The second-order valence-electron chi connectivity index (χ2n) is 3.23. The van der Waals surface area contributed by atoms with Crippen molar-refractivity contribution in [2.75, 3.05) is 5.32 Å². The van der Waals surface area contributed by atoms with Crippen molar-refractivity contribution < 1.29 is 18.0 Å². The van der Waals surface area contributed by atoms with Gasteiger partial charge in [0.1, 0.15) is 18.5 Å². The Labute approximate surface area is 98.5 Å². The van der Waals surface area contributed by atoms with Gasteiger partial charge in [0.25, 0.3) is 0 Å². The third-order valence-corrected chi connectivity index (χ3v) is 1.95. The summed E-state index contributed by atoms with van der Waals surface area (Å²) in [6, 6.07) is 2.72. The van der Waals surface area contributed by atoms with Gasteiger partial charge >= 0.3 is 12.1 Å². The fourth-order valence-electron chi connectivity index (χ4n) is 1.13. The van der Waals surface area contributed by atoms with E-state index in [0.29, 0.717) is 5.82 Å². The Morgan fingerprint density at radius 2 is 1.89 bits per heavy atom. The lowest BCUT2D eigenvalue weighted by Gasteiger charge is -2.07. The second-order valence-corrected chi connectivity index (χ2v) is 3.23. The number of aromatic nitrogens is 4. The van der Waals surface area contributed by atoms with Gasteiger partial charge in [-0.2, -0.15) is 13.2 Å². The normalized spacial score (nSPS) is 11.3. The summed E-state index contributed by atoms with van der Waals surface area (Å²) in [7, 11) is 0. The molecule has 0 radical (unpaired) electrons. The number of rotatable bonds is 2. The van der Waals surface area contributed by atoms with E-state index in [4.69, 9.17) is 0 Å². The quantitative estimate of drug-likeness (QED) is 0.876. The molecule has 6 nitrogen and oxygen atoms in total. The van der Waals surface area contributed by atoms with Gasteiger partial charge in [-0.25, -0.2) is 4.98 Å². The van der Waals surface area contributed by atoms with Crippen molar-refractivity contribution in [3.8, 4) is 5.82 Å². The van der Waals surface area contributed by atoms with Crippen LogP contribution in [0.3, 0.4) is 0 Å².